The van der Waals surface area contributed by atoms with Crippen LogP contribution in [-0.2, 0) is 6.42 Å². The standard InChI is InChI=1S/C23H25FN2O3/c1-29-17-10-8-15(9-11-17)13-16-14-18(22-19(24)5-4-12-26(16)22)23(28)25-20-6-2-3-7-21(20)27/h4-5,8-12,14,20-21,27H,2-3,6-7,13H2,1H3,(H,25,28)/t20-,21-/m0/s1. The van der Waals surface area contributed by atoms with E-state index in [-0.39, 0.29) is 17.5 Å². The van der Waals surface area contributed by atoms with E-state index in [1.807, 2.05) is 24.3 Å². The van der Waals surface area contributed by atoms with E-state index in [0.29, 0.717) is 18.4 Å². The molecule has 0 spiro atoms. The van der Waals surface area contributed by atoms with Crippen molar-refractivity contribution in [2.75, 3.05) is 7.11 Å². The van der Waals surface area contributed by atoms with Gasteiger partial charge in [-0.25, -0.2) is 4.39 Å². The first-order valence-electron chi connectivity index (χ1n) is 9.97. The Labute approximate surface area is 169 Å². The number of aliphatic hydroxyl groups excluding tert-OH is 1. The normalized spacial score (nSPS) is 19.3. The highest BCUT2D eigenvalue weighted by Gasteiger charge is 2.27. The number of aliphatic hydroxyl groups is 1. The van der Waals surface area contributed by atoms with Gasteiger partial charge in [0.05, 0.1) is 30.3 Å². The number of fused-ring (bicyclic) bond motifs is 1. The van der Waals surface area contributed by atoms with Crippen molar-refractivity contribution in [3.63, 3.8) is 0 Å². The number of rotatable bonds is 5. The molecule has 0 aliphatic heterocycles. The van der Waals surface area contributed by atoms with Gasteiger partial charge in [0.25, 0.3) is 5.91 Å². The molecule has 152 valence electrons. The van der Waals surface area contributed by atoms with E-state index in [1.165, 1.54) is 6.07 Å². The van der Waals surface area contributed by atoms with Crippen molar-refractivity contribution < 1.29 is 19.0 Å². The number of carbonyl (C=O) groups is 1. The molecule has 0 bridgehead atoms. The van der Waals surface area contributed by atoms with Gasteiger partial charge in [-0.2, -0.15) is 0 Å². The van der Waals surface area contributed by atoms with Crippen LogP contribution in [0.25, 0.3) is 5.52 Å². The highest BCUT2D eigenvalue weighted by atomic mass is 19.1. The number of hydrogen-bond donors (Lipinski definition) is 2. The fourth-order valence-electron chi connectivity index (χ4n) is 4.07. The van der Waals surface area contributed by atoms with Crippen LogP contribution in [0.5, 0.6) is 5.75 Å². The lowest BCUT2D eigenvalue weighted by Crippen LogP contribution is -2.45. The molecule has 1 amide bonds. The average Bonchev–Trinajstić information content (AvgIpc) is 3.10. The molecule has 4 rings (SSSR count). The minimum absolute atomic E-state index is 0.263. The summed E-state index contributed by atoms with van der Waals surface area (Å²) in [7, 11) is 1.62. The number of methoxy groups -OCH3 is 1. The van der Waals surface area contributed by atoms with Crippen molar-refractivity contribution in [3.8, 4) is 5.75 Å². The predicted molar refractivity (Wildman–Crippen MR) is 109 cm³/mol. The van der Waals surface area contributed by atoms with Crippen LogP contribution < -0.4 is 10.1 Å². The second-order valence-corrected chi connectivity index (χ2v) is 7.58. The van der Waals surface area contributed by atoms with Crippen LogP contribution in [0.15, 0.2) is 48.7 Å². The van der Waals surface area contributed by atoms with Crippen molar-refractivity contribution in [1.29, 1.82) is 0 Å². The molecule has 1 fully saturated rings. The quantitative estimate of drug-likeness (QED) is 0.691. The maximum Gasteiger partial charge on any atom is 0.253 e. The first kappa shape index (κ1) is 19.5. The molecule has 2 heterocycles. The third kappa shape index (κ3) is 3.98. The summed E-state index contributed by atoms with van der Waals surface area (Å²) in [5.74, 6) is -0.0201. The van der Waals surface area contributed by atoms with E-state index in [0.717, 1.165) is 36.3 Å². The zero-order valence-corrected chi connectivity index (χ0v) is 16.4. The van der Waals surface area contributed by atoms with Gasteiger partial charge in [-0.15, -0.1) is 0 Å². The number of benzene rings is 1. The first-order valence-corrected chi connectivity index (χ1v) is 9.97. The summed E-state index contributed by atoms with van der Waals surface area (Å²) in [5.41, 5.74) is 2.41. The molecule has 2 atom stereocenters. The molecule has 1 saturated carbocycles. The highest BCUT2D eigenvalue weighted by Crippen LogP contribution is 2.25. The number of amides is 1. The summed E-state index contributed by atoms with van der Waals surface area (Å²) in [6.07, 6.45) is 5.11. The molecule has 6 heteroatoms. The molecule has 1 aliphatic carbocycles. The summed E-state index contributed by atoms with van der Waals surface area (Å²) >= 11 is 0. The second-order valence-electron chi connectivity index (χ2n) is 7.58. The van der Waals surface area contributed by atoms with Crippen LogP contribution in [-0.4, -0.2) is 34.7 Å². The number of aromatic nitrogens is 1. The Balaban J connectivity index is 1.66. The Morgan fingerprint density at radius 1 is 1.24 bits per heavy atom. The maximum atomic E-state index is 14.6. The Bertz CT molecular complexity index is 1010. The Kier molecular flexibility index (Phi) is 5.53. The molecule has 0 unspecified atom stereocenters. The van der Waals surface area contributed by atoms with Gasteiger partial charge in [0.15, 0.2) is 0 Å². The number of nitrogens with one attached hydrogen (secondary N) is 1. The van der Waals surface area contributed by atoms with Gasteiger partial charge in [-0.05, 0) is 48.7 Å². The van der Waals surface area contributed by atoms with E-state index in [4.69, 9.17) is 4.74 Å². The number of nitrogens with zero attached hydrogens (tertiary/aromatic N) is 1. The van der Waals surface area contributed by atoms with E-state index in [2.05, 4.69) is 5.32 Å². The molecule has 1 aromatic carbocycles. The van der Waals surface area contributed by atoms with Gasteiger partial charge >= 0.3 is 0 Å². The lowest BCUT2D eigenvalue weighted by molar-refractivity contribution is 0.0718. The molecule has 0 radical (unpaired) electrons. The van der Waals surface area contributed by atoms with Gasteiger partial charge in [-0.1, -0.05) is 25.0 Å². The molecule has 5 nitrogen and oxygen atoms in total. The van der Waals surface area contributed by atoms with E-state index < -0.39 is 11.9 Å². The number of hydrogen-bond acceptors (Lipinski definition) is 3. The van der Waals surface area contributed by atoms with Crippen LogP contribution in [0.2, 0.25) is 0 Å². The molecule has 3 aromatic rings. The summed E-state index contributed by atoms with van der Waals surface area (Å²) in [5, 5.41) is 13.1. The largest absolute Gasteiger partial charge is 0.497 e. The molecular formula is C23H25FN2O3. The zero-order chi connectivity index (χ0) is 20.4. The number of ether oxygens (including phenoxy) is 1. The van der Waals surface area contributed by atoms with E-state index in [9.17, 15) is 14.3 Å². The van der Waals surface area contributed by atoms with E-state index >= 15 is 0 Å². The summed E-state index contributed by atoms with van der Waals surface area (Å²) < 4.78 is 21.6. The second kappa shape index (κ2) is 8.25. The van der Waals surface area contributed by atoms with Crippen molar-refractivity contribution in [3.05, 3.63) is 71.3 Å². The SMILES string of the molecule is COc1ccc(Cc2cc(C(=O)N[C@H]3CCCC[C@@H]3O)c3c(F)cccn23)cc1. The van der Waals surface area contributed by atoms with Crippen molar-refractivity contribution in [2.24, 2.45) is 0 Å². The number of pyridine rings is 1. The van der Waals surface area contributed by atoms with Crippen LogP contribution in [0.4, 0.5) is 4.39 Å². The van der Waals surface area contributed by atoms with Crippen molar-refractivity contribution in [2.45, 2.75) is 44.2 Å². The lowest BCUT2D eigenvalue weighted by Gasteiger charge is -2.28. The predicted octanol–water partition coefficient (Wildman–Crippen LogP) is 3.71. The minimum atomic E-state index is -0.551. The lowest BCUT2D eigenvalue weighted by atomic mass is 9.92. The smallest absolute Gasteiger partial charge is 0.253 e. The van der Waals surface area contributed by atoms with Gasteiger partial charge < -0.3 is 19.6 Å². The molecule has 29 heavy (non-hydrogen) atoms. The molecule has 2 N–H and O–H groups in total. The Hall–Kier alpha value is -2.86. The minimum Gasteiger partial charge on any atom is -0.497 e. The highest BCUT2D eigenvalue weighted by molar-refractivity contribution is 6.01. The van der Waals surface area contributed by atoms with Crippen LogP contribution in [0.3, 0.4) is 0 Å². The summed E-state index contributed by atoms with van der Waals surface area (Å²) in [6, 6.07) is 12.1. The van der Waals surface area contributed by atoms with Gasteiger partial charge in [-0.3, -0.25) is 4.79 Å². The zero-order valence-electron chi connectivity index (χ0n) is 16.4. The molecule has 1 aliphatic rings. The fourth-order valence-corrected chi connectivity index (χ4v) is 4.07. The van der Waals surface area contributed by atoms with Gasteiger partial charge in [0.2, 0.25) is 0 Å². The topological polar surface area (TPSA) is 63.0 Å². The van der Waals surface area contributed by atoms with Crippen LogP contribution in [0.1, 0.15) is 47.3 Å². The Morgan fingerprint density at radius 2 is 2.00 bits per heavy atom. The average molecular weight is 396 g/mol. The van der Waals surface area contributed by atoms with Crippen LogP contribution in [0, 0.1) is 5.82 Å². The maximum absolute atomic E-state index is 14.6. The third-order valence-corrected chi connectivity index (χ3v) is 5.66. The summed E-state index contributed by atoms with van der Waals surface area (Å²) in [4.78, 5) is 13.0. The van der Waals surface area contributed by atoms with Gasteiger partial charge in [0.1, 0.15) is 11.6 Å². The van der Waals surface area contributed by atoms with Gasteiger partial charge in [0, 0.05) is 18.3 Å². The molecular weight excluding hydrogens is 371 g/mol. The molecule has 2 aromatic heterocycles. The summed E-state index contributed by atoms with van der Waals surface area (Å²) in [6.45, 7) is 0. The number of halogens is 1. The van der Waals surface area contributed by atoms with Crippen LogP contribution >= 0.6 is 0 Å². The first-order chi connectivity index (χ1) is 14.1. The third-order valence-electron chi connectivity index (χ3n) is 5.66. The monoisotopic (exact) mass is 396 g/mol. The van der Waals surface area contributed by atoms with Crippen molar-refractivity contribution >= 4 is 11.4 Å². The fraction of sp³-hybridized carbons (Fsp3) is 0.348. The molecule has 0 saturated heterocycles. The van der Waals surface area contributed by atoms with Crippen molar-refractivity contribution in [1.82, 2.24) is 9.72 Å². The Morgan fingerprint density at radius 3 is 2.72 bits per heavy atom. The van der Waals surface area contributed by atoms with E-state index in [1.54, 1.807) is 29.8 Å². The number of carbonyl (C=O) groups excluding carboxylic acids is 1.